The summed E-state index contributed by atoms with van der Waals surface area (Å²) in [5.74, 6) is -0.00713. The first-order chi connectivity index (χ1) is 16.0. The molecule has 2 aromatic rings. The van der Waals surface area contributed by atoms with Gasteiger partial charge in [-0.15, -0.1) is 0 Å². The van der Waals surface area contributed by atoms with Crippen LogP contribution in [0.4, 0.5) is 20.2 Å². The second-order valence-corrected chi connectivity index (χ2v) is 8.14. The number of carbonyl (C=O) groups is 2. The van der Waals surface area contributed by atoms with E-state index in [1.807, 2.05) is 6.07 Å². The highest BCUT2D eigenvalue weighted by molar-refractivity contribution is 6.00. The average Bonchev–Trinajstić information content (AvgIpc) is 2.83. The van der Waals surface area contributed by atoms with Crippen LogP contribution in [-0.2, 0) is 4.79 Å². The molecule has 0 radical (unpaired) electrons. The fourth-order valence-electron chi connectivity index (χ4n) is 3.90. The zero-order valence-corrected chi connectivity index (χ0v) is 18.9. The Bertz CT molecular complexity index is 913. The van der Waals surface area contributed by atoms with Gasteiger partial charge in [-0.05, 0) is 55.7 Å². The van der Waals surface area contributed by atoms with E-state index in [1.54, 1.807) is 35.2 Å². The molecule has 2 aromatic carbocycles. The summed E-state index contributed by atoms with van der Waals surface area (Å²) in [5.41, 5.74) is 1.80. The molecule has 1 aliphatic rings. The van der Waals surface area contributed by atoms with Gasteiger partial charge in [0.1, 0.15) is 5.75 Å². The van der Waals surface area contributed by atoms with Crippen molar-refractivity contribution in [2.45, 2.75) is 45.6 Å². The lowest BCUT2D eigenvalue weighted by Crippen LogP contribution is -2.43. The van der Waals surface area contributed by atoms with Crippen molar-refractivity contribution in [1.82, 2.24) is 10.2 Å². The van der Waals surface area contributed by atoms with Crippen molar-refractivity contribution in [3.8, 4) is 5.75 Å². The van der Waals surface area contributed by atoms with Crippen molar-refractivity contribution in [2.24, 2.45) is 5.92 Å². The minimum absolute atomic E-state index is 0.0574. The third kappa shape index (κ3) is 7.17. The van der Waals surface area contributed by atoms with Crippen molar-refractivity contribution in [3.05, 3.63) is 54.1 Å². The van der Waals surface area contributed by atoms with Crippen LogP contribution in [0.5, 0.6) is 5.75 Å². The molecule has 8 heteroatoms. The number of likely N-dealkylation sites (tertiary alicyclic amines) is 1. The highest BCUT2D eigenvalue weighted by Crippen LogP contribution is 2.26. The number of nitrogens with one attached hydrogen (secondary N) is 2. The molecule has 1 saturated heterocycles. The van der Waals surface area contributed by atoms with Crippen LogP contribution in [0.3, 0.4) is 0 Å². The van der Waals surface area contributed by atoms with Gasteiger partial charge in [-0.25, -0.2) is 0 Å². The predicted molar refractivity (Wildman–Crippen MR) is 124 cm³/mol. The highest BCUT2D eigenvalue weighted by Gasteiger charge is 2.28. The van der Waals surface area contributed by atoms with Gasteiger partial charge in [0.15, 0.2) is 0 Å². The Balaban J connectivity index is 1.57. The molecule has 3 rings (SSSR count). The van der Waals surface area contributed by atoms with E-state index < -0.39 is 6.61 Å². The van der Waals surface area contributed by atoms with Crippen LogP contribution < -0.4 is 15.4 Å². The summed E-state index contributed by atoms with van der Waals surface area (Å²) in [5, 5.41) is 6.19. The minimum atomic E-state index is -2.88. The number of piperidine rings is 1. The number of ether oxygens (including phenoxy) is 1. The quantitative estimate of drug-likeness (QED) is 0.480. The van der Waals surface area contributed by atoms with E-state index in [1.165, 1.54) is 12.1 Å². The van der Waals surface area contributed by atoms with Gasteiger partial charge >= 0.3 is 6.61 Å². The molecule has 6 nitrogen and oxygen atoms in total. The number of amides is 2. The lowest BCUT2D eigenvalue weighted by Gasteiger charge is -2.32. The van der Waals surface area contributed by atoms with E-state index in [4.69, 9.17) is 0 Å². The normalized spacial score (nSPS) is 14.2. The first-order valence-electron chi connectivity index (χ1n) is 11.5. The van der Waals surface area contributed by atoms with Crippen LogP contribution in [0, 0.1) is 5.92 Å². The van der Waals surface area contributed by atoms with E-state index in [2.05, 4.69) is 22.3 Å². The number of anilines is 2. The zero-order valence-electron chi connectivity index (χ0n) is 18.9. The summed E-state index contributed by atoms with van der Waals surface area (Å²) in [6, 6.07) is 13.3. The molecule has 178 valence electrons. The fourth-order valence-corrected chi connectivity index (χ4v) is 3.90. The summed E-state index contributed by atoms with van der Waals surface area (Å²) in [4.78, 5) is 27.3. The molecule has 1 fully saturated rings. The molecule has 0 aliphatic carbocycles. The van der Waals surface area contributed by atoms with E-state index in [0.29, 0.717) is 49.4 Å². The van der Waals surface area contributed by atoms with Crippen LogP contribution in [0.1, 0.15) is 49.4 Å². The Morgan fingerprint density at radius 1 is 1.06 bits per heavy atom. The first kappa shape index (κ1) is 24.5. The zero-order chi connectivity index (χ0) is 23.6. The molecular formula is C25H31F2N3O3. The van der Waals surface area contributed by atoms with Crippen molar-refractivity contribution < 1.29 is 23.1 Å². The Labute approximate surface area is 193 Å². The third-order valence-corrected chi connectivity index (χ3v) is 5.75. The molecule has 1 aliphatic heterocycles. The molecule has 33 heavy (non-hydrogen) atoms. The first-order valence-corrected chi connectivity index (χ1v) is 11.5. The van der Waals surface area contributed by atoms with Crippen LogP contribution >= 0.6 is 0 Å². The van der Waals surface area contributed by atoms with Gasteiger partial charge in [0.25, 0.3) is 5.91 Å². The van der Waals surface area contributed by atoms with Gasteiger partial charge in [-0.1, -0.05) is 31.9 Å². The number of carbonyl (C=O) groups excluding carboxylic acids is 2. The average molecular weight is 460 g/mol. The van der Waals surface area contributed by atoms with Gasteiger partial charge in [-0.2, -0.15) is 8.78 Å². The van der Waals surface area contributed by atoms with E-state index in [0.717, 1.165) is 19.3 Å². The van der Waals surface area contributed by atoms with Crippen LogP contribution in [-0.4, -0.2) is 43.0 Å². The topological polar surface area (TPSA) is 70.7 Å². The number of hydrogen-bond donors (Lipinski definition) is 2. The second-order valence-electron chi connectivity index (χ2n) is 8.14. The molecule has 2 amide bonds. The SMILES string of the molecule is CCCCCNC(=O)C1CCN(C(=O)c2ccccc2Nc2ccc(OC(F)F)cc2)CC1. The largest absolute Gasteiger partial charge is 0.435 e. The van der Waals surface area contributed by atoms with Gasteiger partial charge in [0.05, 0.1) is 11.3 Å². The summed E-state index contributed by atoms with van der Waals surface area (Å²) in [6.07, 6.45) is 4.50. The minimum Gasteiger partial charge on any atom is -0.435 e. The number of benzene rings is 2. The molecule has 0 saturated carbocycles. The van der Waals surface area contributed by atoms with Crippen molar-refractivity contribution in [2.75, 3.05) is 25.0 Å². The number of nitrogens with zero attached hydrogens (tertiary/aromatic N) is 1. The maximum atomic E-state index is 13.2. The highest BCUT2D eigenvalue weighted by atomic mass is 19.3. The number of halogens is 2. The second kappa shape index (κ2) is 12.2. The summed E-state index contributed by atoms with van der Waals surface area (Å²) in [7, 11) is 0. The van der Waals surface area contributed by atoms with Gasteiger partial charge in [0, 0.05) is 31.2 Å². The fraction of sp³-hybridized carbons (Fsp3) is 0.440. The Kier molecular flexibility index (Phi) is 9.04. The molecule has 0 unspecified atom stereocenters. The monoisotopic (exact) mass is 459 g/mol. The van der Waals surface area contributed by atoms with Crippen LogP contribution in [0.2, 0.25) is 0 Å². The van der Waals surface area contributed by atoms with Crippen molar-refractivity contribution >= 4 is 23.2 Å². The molecule has 0 bridgehead atoms. The van der Waals surface area contributed by atoms with Crippen LogP contribution in [0.25, 0.3) is 0 Å². The van der Waals surface area contributed by atoms with Crippen LogP contribution in [0.15, 0.2) is 48.5 Å². The number of rotatable bonds is 10. The molecule has 1 heterocycles. The third-order valence-electron chi connectivity index (χ3n) is 5.75. The summed E-state index contributed by atoms with van der Waals surface area (Å²) >= 11 is 0. The van der Waals surface area contributed by atoms with E-state index in [-0.39, 0.29) is 23.5 Å². The number of hydrogen-bond acceptors (Lipinski definition) is 4. The maximum Gasteiger partial charge on any atom is 0.387 e. The Hall–Kier alpha value is -3.16. The smallest absolute Gasteiger partial charge is 0.387 e. The summed E-state index contributed by atoms with van der Waals surface area (Å²) < 4.78 is 29.0. The Morgan fingerprint density at radius 2 is 1.76 bits per heavy atom. The lowest BCUT2D eigenvalue weighted by atomic mass is 9.95. The number of alkyl halides is 2. The lowest BCUT2D eigenvalue weighted by molar-refractivity contribution is -0.126. The predicted octanol–water partition coefficient (Wildman–Crippen LogP) is 5.19. The van der Waals surface area contributed by atoms with E-state index >= 15 is 0 Å². The molecular weight excluding hydrogens is 428 g/mol. The van der Waals surface area contributed by atoms with Gasteiger partial charge in [-0.3, -0.25) is 9.59 Å². The van der Waals surface area contributed by atoms with Crippen molar-refractivity contribution in [3.63, 3.8) is 0 Å². The van der Waals surface area contributed by atoms with E-state index in [9.17, 15) is 18.4 Å². The Morgan fingerprint density at radius 3 is 2.42 bits per heavy atom. The molecule has 0 spiro atoms. The standard InChI is InChI=1S/C25H31F2N3O3/c1-2-3-6-15-28-23(31)18-13-16-30(17-14-18)24(32)21-7-4-5-8-22(21)29-19-9-11-20(12-10-19)33-25(26)27/h4-5,7-12,18,25,29H,2-3,6,13-17H2,1H3,(H,28,31). The van der Waals surface area contributed by atoms with Gasteiger partial charge < -0.3 is 20.3 Å². The van der Waals surface area contributed by atoms with Gasteiger partial charge in [0.2, 0.25) is 5.91 Å². The molecule has 0 atom stereocenters. The number of unbranched alkanes of at least 4 members (excludes halogenated alkanes) is 2. The summed E-state index contributed by atoms with van der Waals surface area (Å²) in [6.45, 7) is 1.02. The number of para-hydroxylation sites is 1. The molecule has 0 aromatic heterocycles. The maximum absolute atomic E-state index is 13.2. The molecule has 2 N–H and O–H groups in total. The van der Waals surface area contributed by atoms with Crippen molar-refractivity contribution in [1.29, 1.82) is 0 Å².